The zero-order chi connectivity index (χ0) is 19.4. The summed E-state index contributed by atoms with van der Waals surface area (Å²) >= 11 is 0. The molecule has 1 aliphatic rings. The molecule has 3 rings (SSSR count). The number of carbonyl (C=O) groups is 2. The number of nitrogens with one attached hydrogen (secondary N) is 1. The lowest BCUT2D eigenvalue weighted by molar-refractivity contribution is -0.134. The van der Waals surface area contributed by atoms with Crippen molar-refractivity contribution in [3.05, 3.63) is 54.0 Å². The molecule has 1 aromatic heterocycles. The first-order chi connectivity index (χ1) is 12.9. The zero-order valence-electron chi connectivity index (χ0n) is 15.6. The van der Waals surface area contributed by atoms with Gasteiger partial charge in [-0.15, -0.1) is 0 Å². The lowest BCUT2D eigenvalue weighted by Crippen LogP contribution is -2.42. The third-order valence-corrected chi connectivity index (χ3v) is 4.95. The van der Waals surface area contributed by atoms with Crippen molar-refractivity contribution >= 4 is 11.8 Å². The molecule has 1 aromatic carbocycles. The van der Waals surface area contributed by atoms with E-state index in [1.165, 1.54) is 18.3 Å². The van der Waals surface area contributed by atoms with Gasteiger partial charge in [0.15, 0.2) is 0 Å². The average Bonchev–Trinajstić information content (AvgIpc) is 2.67. The van der Waals surface area contributed by atoms with Crippen molar-refractivity contribution in [3.8, 4) is 11.3 Å². The highest BCUT2D eigenvalue weighted by Crippen LogP contribution is 2.26. The summed E-state index contributed by atoms with van der Waals surface area (Å²) in [4.78, 5) is 30.6. The summed E-state index contributed by atoms with van der Waals surface area (Å²) in [6, 6.07) is 9.58. The number of amides is 2. The molecule has 1 N–H and O–H groups in total. The molecule has 6 heteroatoms. The van der Waals surface area contributed by atoms with Crippen molar-refractivity contribution in [1.82, 2.24) is 15.2 Å². The number of pyridine rings is 1. The van der Waals surface area contributed by atoms with Crippen LogP contribution in [0.15, 0.2) is 42.6 Å². The van der Waals surface area contributed by atoms with E-state index in [1.807, 2.05) is 0 Å². The van der Waals surface area contributed by atoms with Crippen molar-refractivity contribution in [3.63, 3.8) is 0 Å². The lowest BCUT2D eigenvalue weighted by atomic mass is 9.84. The standard InChI is InChI=1S/C21H24FN3O2/c1-25(2)21(27)15-6-4-8-18(12-15)24-20(26)16-9-10-19(23-13-16)14-5-3-7-17(22)11-14/h3,5,7,9-11,13,15,18H,4,6,8,12H2,1-2H3,(H,24,26)/t15-,18?/m1/s1. The Hall–Kier alpha value is -2.76. The molecular weight excluding hydrogens is 345 g/mol. The molecule has 0 radical (unpaired) electrons. The summed E-state index contributed by atoms with van der Waals surface area (Å²) in [5.74, 6) is -0.436. The van der Waals surface area contributed by atoms with E-state index in [1.54, 1.807) is 43.3 Å². The number of carbonyl (C=O) groups excluding carboxylic acids is 2. The van der Waals surface area contributed by atoms with Crippen LogP contribution < -0.4 is 5.32 Å². The van der Waals surface area contributed by atoms with Gasteiger partial charge in [-0.3, -0.25) is 14.6 Å². The Balaban J connectivity index is 1.63. The summed E-state index contributed by atoms with van der Waals surface area (Å²) in [5.41, 5.74) is 1.73. The van der Waals surface area contributed by atoms with Crippen molar-refractivity contribution in [1.29, 1.82) is 0 Å². The molecule has 1 fully saturated rings. The van der Waals surface area contributed by atoms with Crippen LogP contribution in [0.4, 0.5) is 4.39 Å². The third kappa shape index (κ3) is 4.70. The van der Waals surface area contributed by atoms with E-state index in [2.05, 4.69) is 10.3 Å². The van der Waals surface area contributed by atoms with Crippen molar-refractivity contribution in [2.45, 2.75) is 31.7 Å². The van der Waals surface area contributed by atoms with Gasteiger partial charge in [-0.1, -0.05) is 18.6 Å². The molecule has 1 heterocycles. The largest absolute Gasteiger partial charge is 0.349 e. The second-order valence-electron chi connectivity index (χ2n) is 7.21. The van der Waals surface area contributed by atoms with Crippen LogP contribution in [-0.2, 0) is 4.79 Å². The number of benzene rings is 1. The van der Waals surface area contributed by atoms with E-state index in [0.717, 1.165) is 19.3 Å². The van der Waals surface area contributed by atoms with Crippen LogP contribution in [0.2, 0.25) is 0 Å². The van der Waals surface area contributed by atoms with Gasteiger partial charge in [-0.2, -0.15) is 0 Å². The maximum absolute atomic E-state index is 13.3. The van der Waals surface area contributed by atoms with Crippen molar-refractivity contribution in [2.75, 3.05) is 14.1 Å². The van der Waals surface area contributed by atoms with E-state index < -0.39 is 0 Å². The Kier molecular flexibility index (Phi) is 5.84. The minimum Gasteiger partial charge on any atom is -0.349 e. The van der Waals surface area contributed by atoms with E-state index in [0.29, 0.717) is 23.2 Å². The van der Waals surface area contributed by atoms with E-state index >= 15 is 0 Å². The molecule has 2 aromatic rings. The highest BCUT2D eigenvalue weighted by Gasteiger charge is 2.29. The second kappa shape index (κ2) is 8.29. The molecule has 1 unspecified atom stereocenters. The molecule has 142 valence electrons. The van der Waals surface area contributed by atoms with Gasteiger partial charge in [0.25, 0.3) is 5.91 Å². The van der Waals surface area contributed by atoms with E-state index in [-0.39, 0.29) is 29.6 Å². The van der Waals surface area contributed by atoms with Crippen LogP contribution in [0.5, 0.6) is 0 Å². The van der Waals surface area contributed by atoms with Crippen LogP contribution in [0.3, 0.4) is 0 Å². The smallest absolute Gasteiger partial charge is 0.253 e. The van der Waals surface area contributed by atoms with E-state index in [4.69, 9.17) is 0 Å². The monoisotopic (exact) mass is 369 g/mol. The SMILES string of the molecule is CN(C)C(=O)[C@@H]1CCCC(NC(=O)c2ccc(-c3cccc(F)c3)nc2)C1. The molecule has 27 heavy (non-hydrogen) atoms. The molecule has 5 nitrogen and oxygen atoms in total. The van der Waals surface area contributed by atoms with Crippen LogP contribution in [0.25, 0.3) is 11.3 Å². The second-order valence-corrected chi connectivity index (χ2v) is 7.21. The summed E-state index contributed by atoms with van der Waals surface area (Å²) < 4.78 is 13.3. The molecule has 0 spiro atoms. The predicted octanol–water partition coefficient (Wildman–Crippen LogP) is 3.26. The van der Waals surface area contributed by atoms with Crippen LogP contribution in [0.1, 0.15) is 36.0 Å². The first-order valence-electron chi connectivity index (χ1n) is 9.18. The summed E-state index contributed by atoms with van der Waals surface area (Å²) in [6.45, 7) is 0. The van der Waals surface area contributed by atoms with Crippen LogP contribution >= 0.6 is 0 Å². The Labute approximate surface area is 158 Å². The first-order valence-corrected chi connectivity index (χ1v) is 9.18. The van der Waals surface area contributed by atoms with Crippen LogP contribution in [-0.4, -0.2) is 41.8 Å². The minimum absolute atomic E-state index is 0.0111. The molecular formula is C21H24FN3O2. The Morgan fingerprint density at radius 3 is 2.67 bits per heavy atom. The molecule has 0 saturated heterocycles. The van der Waals surface area contributed by atoms with Gasteiger partial charge in [0.1, 0.15) is 5.82 Å². The number of rotatable bonds is 4. The van der Waals surface area contributed by atoms with Gasteiger partial charge in [0, 0.05) is 37.8 Å². The summed E-state index contributed by atoms with van der Waals surface area (Å²) in [6.07, 6.45) is 4.83. The topological polar surface area (TPSA) is 62.3 Å². The Morgan fingerprint density at radius 2 is 2.00 bits per heavy atom. The van der Waals surface area contributed by atoms with Gasteiger partial charge < -0.3 is 10.2 Å². The summed E-state index contributed by atoms with van der Waals surface area (Å²) in [7, 11) is 3.52. The number of halogens is 1. The maximum Gasteiger partial charge on any atom is 0.253 e. The molecule has 0 aliphatic heterocycles. The van der Waals surface area contributed by atoms with Gasteiger partial charge in [-0.25, -0.2) is 4.39 Å². The number of hydrogen-bond donors (Lipinski definition) is 1. The zero-order valence-corrected chi connectivity index (χ0v) is 15.6. The van der Waals surface area contributed by atoms with Crippen LogP contribution in [0, 0.1) is 11.7 Å². The lowest BCUT2D eigenvalue weighted by Gasteiger charge is -2.30. The van der Waals surface area contributed by atoms with Crippen molar-refractivity contribution < 1.29 is 14.0 Å². The number of nitrogens with zero attached hydrogens (tertiary/aromatic N) is 2. The molecule has 0 bridgehead atoms. The Morgan fingerprint density at radius 1 is 1.19 bits per heavy atom. The average molecular weight is 369 g/mol. The van der Waals surface area contributed by atoms with E-state index in [9.17, 15) is 14.0 Å². The first kappa shape index (κ1) is 19.0. The molecule has 2 amide bonds. The van der Waals surface area contributed by atoms with Gasteiger partial charge >= 0.3 is 0 Å². The molecule has 1 aliphatic carbocycles. The predicted molar refractivity (Wildman–Crippen MR) is 102 cm³/mol. The fourth-order valence-corrected chi connectivity index (χ4v) is 3.53. The van der Waals surface area contributed by atoms with Crippen molar-refractivity contribution in [2.24, 2.45) is 5.92 Å². The normalized spacial score (nSPS) is 19.4. The molecule has 2 atom stereocenters. The highest BCUT2D eigenvalue weighted by molar-refractivity contribution is 5.94. The Bertz CT molecular complexity index is 820. The quantitative estimate of drug-likeness (QED) is 0.900. The maximum atomic E-state index is 13.3. The fraction of sp³-hybridized carbons (Fsp3) is 0.381. The third-order valence-electron chi connectivity index (χ3n) is 4.95. The minimum atomic E-state index is -0.324. The summed E-state index contributed by atoms with van der Waals surface area (Å²) in [5, 5.41) is 3.02. The van der Waals surface area contributed by atoms with Gasteiger partial charge in [0.05, 0.1) is 11.3 Å². The highest BCUT2D eigenvalue weighted by atomic mass is 19.1. The van der Waals surface area contributed by atoms with Gasteiger partial charge in [0.2, 0.25) is 5.91 Å². The number of aromatic nitrogens is 1. The van der Waals surface area contributed by atoms with Gasteiger partial charge in [-0.05, 0) is 43.5 Å². The number of hydrogen-bond acceptors (Lipinski definition) is 3. The fourth-order valence-electron chi connectivity index (χ4n) is 3.53. The molecule has 1 saturated carbocycles.